The molecule has 100 valence electrons. The molecule has 1 aliphatic heterocycles. The average Bonchev–Trinajstić information content (AvgIpc) is 2.36. The van der Waals surface area contributed by atoms with Gasteiger partial charge in [0.05, 0.1) is 5.02 Å². The van der Waals surface area contributed by atoms with E-state index < -0.39 is 0 Å². The lowest BCUT2D eigenvalue weighted by Crippen LogP contribution is -2.35. The third kappa shape index (κ3) is 3.44. The highest BCUT2D eigenvalue weighted by Crippen LogP contribution is 2.23. The fourth-order valence-electron chi connectivity index (χ4n) is 2.62. The molecular formula is C14H19ClFNO. The van der Waals surface area contributed by atoms with Gasteiger partial charge < -0.3 is 5.11 Å². The van der Waals surface area contributed by atoms with Crippen molar-refractivity contribution in [2.24, 2.45) is 5.92 Å². The Bertz CT molecular complexity index is 397. The molecule has 4 heteroatoms. The molecule has 0 aromatic heterocycles. The van der Waals surface area contributed by atoms with Gasteiger partial charge in [0, 0.05) is 25.3 Å². The second kappa shape index (κ2) is 6.50. The topological polar surface area (TPSA) is 23.5 Å². The van der Waals surface area contributed by atoms with Crippen LogP contribution < -0.4 is 0 Å². The smallest absolute Gasteiger partial charge is 0.146 e. The molecule has 0 aliphatic carbocycles. The van der Waals surface area contributed by atoms with Crippen molar-refractivity contribution in [3.63, 3.8) is 0 Å². The van der Waals surface area contributed by atoms with Crippen LogP contribution in [0.25, 0.3) is 0 Å². The van der Waals surface area contributed by atoms with E-state index in [0.29, 0.717) is 18.0 Å². The number of piperidine rings is 1. The first kappa shape index (κ1) is 13.8. The highest BCUT2D eigenvalue weighted by Gasteiger charge is 2.20. The number of benzene rings is 1. The summed E-state index contributed by atoms with van der Waals surface area (Å²) in [5.41, 5.74) is 0.659. The highest BCUT2D eigenvalue weighted by molar-refractivity contribution is 6.30. The number of likely N-dealkylation sites (tertiary alicyclic amines) is 1. The van der Waals surface area contributed by atoms with E-state index in [-0.39, 0.29) is 17.4 Å². The van der Waals surface area contributed by atoms with E-state index in [1.54, 1.807) is 18.2 Å². The predicted octanol–water partition coefficient (Wildman–Crippen LogP) is 3.07. The van der Waals surface area contributed by atoms with Gasteiger partial charge in [-0.1, -0.05) is 23.7 Å². The summed E-state index contributed by atoms with van der Waals surface area (Å²) in [7, 11) is 0. The summed E-state index contributed by atoms with van der Waals surface area (Å²) in [6.07, 6.45) is 3.12. The SMILES string of the molecule is OCCC1CCCN(Cc2cccc(Cl)c2F)C1. The molecule has 1 aromatic rings. The lowest BCUT2D eigenvalue weighted by atomic mass is 9.95. The lowest BCUT2D eigenvalue weighted by Gasteiger charge is -2.32. The molecule has 1 aromatic carbocycles. The zero-order chi connectivity index (χ0) is 13.0. The Kier molecular flexibility index (Phi) is 4.98. The maximum absolute atomic E-state index is 13.8. The molecular weight excluding hydrogens is 253 g/mol. The van der Waals surface area contributed by atoms with Gasteiger partial charge in [0.2, 0.25) is 0 Å². The molecule has 0 amide bonds. The van der Waals surface area contributed by atoms with Crippen LogP contribution in [0.15, 0.2) is 18.2 Å². The van der Waals surface area contributed by atoms with Crippen molar-refractivity contribution in [2.75, 3.05) is 19.7 Å². The average molecular weight is 272 g/mol. The molecule has 1 fully saturated rings. The number of nitrogens with zero attached hydrogens (tertiary/aromatic N) is 1. The van der Waals surface area contributed by atoms with Gasteiger partial charge in [-0.05, 0) is 37.8 Å². The molecule has 1 atom stereocenters. The first-order valence-corrected chi connectivity index (χ1v) is 6.84. The number of aliphatic hydroxyl groups is 1. The number of rotatable bonds is 4. The molecule has 1 aliphatic rings. The van der Waals surface area contributed by atoms with Gasteiger partial charge in [0.15, 0.2) is 0 Å². The Morgan fingerprint density at radius 3 is 3.06 bits per heavy atom. The third-order valence-electron chi connectivity index (χ3n) is 3.57. The Morgan fingerprint density at radius 1 is 1.44 bits per heavy atom. The molecule has 1 heterocycles. The van der Waals surface area contributed by atoms with Crippen molar-refractivity contribution >= 4 is 11.6 Å². The highest BCUT2D eigenvalue weighted by atomic mass is 35.5. The molecule has 2 nitrogen and oxygen atoms in total. The molecule has 0 spiro atoms. The van der Waals surface area contributed by atoms with Crippen LogP contribution in [0.2, 0.25) is 5.02 Å². The standard InChI is InChI=1S/C14H19ClFNO/c15-13-5-1-4-12(14(13)16)10-17-7-2-3-11(9-17)6-8-18/h1,4-5,11,18H,2-3,6-10H2. The van der Waals surface area contributed by atoms with Crippen LogP contribution in [0.1, 0.15) is 24.8 Å². The second-order valence-electron chi connectivity index (χ2n) is 4.97. The Labute approximate surface area is 112 Å². The predicted molar refractivity (Wildman–Crippen MR) is 71.1 cm³/mol. The van der Waals surface area contributed by atoms with Crippen LogP contribution in [0, 0.1) is 11.7 Å². The molecule has 1 N–H and O–H groups in total. The summed E-state index contributed by atoms with van der Waals surface area (Å²) in [5.74, 6) is 0.231. The number of hydrogen-bond donors (Lipinski definition) is 1. The van der Waals surface area contributed by atoms with Gasteiger partial charge >= 0.3 is 0 Å². The number of hydrogen-bond acceptors (Lipinski definition) is 2. The summed E-state index contributed by atoms with van der Waals surface area (Å²) in [6, 6.07) is 5.15. The Morgan fingerprint density at radius 2 is 2.28 bits per heavy atom. The summed E-state index contributed by atoms with van der Waals surface area (Å²) >= 11 is 5.78. The van der Waals surface area contributed by atoms with E-state index in [0.717, 1.165) is 32.4 Å². The van der Waals surface area contributed by atoms with Crippen molar-refractivity contribution in [2.45, 2.75) is 25.8 Å². The molecule has 1 saturated heterocycles. The second-order valence-corrected chi connectivity index (χ2v) is 5.38. The third-order valence-corrected chi connectivity index (χ3v) is 3.86. The van der Waals surface area contributed by atoms with E-state index in [4.69, 9.17) is 16.7 Å². The number of aliphatic hydroxyl groups excluding tert-OH is 1. The fourth-order valence-corrected chi connectivity index (χ4v) is 2.82. The lowest BCUT2D eigenvalue weighted by molar-refractivity contribution is 0.141. The van der Waals surface area contributed by atoms with Crippen LogP contribution in [0.4, 0.5) is 4.39 Å². The van der Waals surface area contributed by atoms with E-state index in [1.807, 2.05) is 0 Å². The normalized spacial score (nSPS) is 21.2. The van der Waals surface area contributed by atoms with Gasteiger partial charge in [-0.15, -0.1) is 0 Å². The maximum atomic E-state index is 13.8. The minimum Gasteiger partial charge on any atom is -0.396 e. The molecule has 0 radical (unpaired) electrons. The summed E-state index contributed by atoms with van der Waals surface area (Å²) < 4.78 is 13.8. The molecule has 0 bridgehead atoms. The minimum atomic E-state index is -0.302. The van der Waals surface area contributed by atoms with Crippen LogP contribution in [-0.4, -0.2) is 29.7 Å². The van der Waals surface area contributed by atoms with Crippen LogP contribution >= 0.6 is 11.6 Å². The first-order valence-electron chi connectivity index (χ1n) is 6.47. The van der Waals surface area contributed by atoms with Crippen molar-refractivity contribution in [1.29, 1.82) is 0 Å². The van der Waals surface area contributed by atoms with Crippen molar-refractivity contribution < 1.29 is 9.50 Å². The zero-order valence-electron chi connectivity index (χ0n) is 10.4. The molecule has 2 rings (SSSR count). The van der Waals surface area contributed by atoms with Gasteiger partial charge in [0.1, 0.15) is 5.82 Å². The molecule has 0 saturated carbocycles. The van der Waals surface area contributed by atoms with E-state index >= 15 is 0 Å². The maximum Gasteiger partial charge on any atom is 0.146 e. The van der Waals surface area contributed by atoms with Gasteiger partial charge in [-0.25, -0.2) is 4.39 Å². The molecule has 18 heavy (non-hydrogen) atoms. The Balaban J connectivity index is 1.98. The fraction of sp³-hybridized carbons (Fsp3) is 0.571. The first-order chi connectivity index (χ1) is 8.70. The van der Waals surface area contributed by atoms with Crippen molar-refractivity contribution in [3.8, 4) is 0 Å². The summed E-state index contributed by atoms with van der Waals surface area (Å²) in [4.78, 5) is 2.25. The quantitative estimate of drug-likeness (QED) is 0.910. The van der Waals surface area contributed by atoms with E-state index in [9.17, 15) is 4.39 Å². The van der Waals surface area contributed by atoms with E-state index in [1.165, 1.54) is 0 Å². The zero-order valence-corrected chi connectivity index (χ0v) is 11.2. The van der Waals surface area contributed by atoms with Gasteiger partial charge in [-0.3, -0.25) is 4.90 Å². The van der Waals surface area contributed by atoms with Gasteiger partial charge in [0.25, 0.3) is 0 Å². The van der Waals surface area contributed by atoms with Crippen molar-refractivity contribution in [1.82, 2.24) is 4.90 Å². The minimum absolute atomic E-state index is 0.191. The summed E-state index contributed by atoms with van der Waals surface area (Å²) in [5, 5.41) is 9.17. The largest absolute Gasteiger partial charge is 0.396 e. The van der Waals surface area contributed by atoms with Gasteiger partial charge in [-0.2, -0.15) is 0 Å². The van der Waals surface area contributed by atoms with Crippen LogP contribution in [-0.2, 0) is 6.54 Å². The summed E-state index contributed by atoms with van der Waals surface area (Å²) in [6.45, 7) is 2.78. The Hall–Kier alpha value is -0.640. The molecule has 1 unspecified atom stereocenters. The van der Waals surface area contributed by atoms with Crippen LogP contribution in [0.3, 0.4) is 0 Å². The number of halogens is 2. The van der Waals surface area contributed by atoms with E-state index in [2.05, 4.69) is 4.90 Å². The van der Waals surface area contributed by atoms with Crippen LogP contribution in [0.5, 0.6) is 0 Å². The monoisotopic (exact) mass is 271 g/mol. The van der Waals surface area contributed by atoms with Crippen molar-refractivity contribution in [3.05, 3.63) is 34.6 Å².